The molecule has 0 bridgehead atoms. The molecule has 8 heteroatoms. The molecule has 6 aromatic carbocycles. The number of fused-ring (bicyclic) bond motifs is 1. The van der Waals surface area contributed by atoms with E-state index in [9.17, 15) is 14.4 Å². The normalized spacial score (nSPS) is 11.7. The largest absolute Gasteiger partial charge is 0.497 e. The van der Waals surface area contributed by atoms with E-state index in [-0.39, 0.29) is 11.6 Å². The number of hydrogen-bond donors (Lipinski definition) is 3. The zero-order valence-electron chi connectivity index (χ0n) is 26.6. The smallest absolute Gasteiger partial charge is 0.272 e. The minimum atomic E-state index is -0.545. The van der Waals surface area contributed by atoms with Crippen LogP contribution in [0.2, 0.25) is 0 Å². The van der Waals surface area contributed by atoms with Crippen LogP contribution in [-0.2, 0) is 9.59 Å². The molecule has 0 heterocycles. The molecular weight excluding hydrogens is 631 g/mol. The van der Waals surface area contributed by atoms with Crippen molar-refractivity contribution in [1.29, 1.82) is 0 Å². The van der Waals surface area contributed by atoms with Crippen molar-refractivity contribution in [2.45, 2.75) is 10.1 Å². The number of amides is 3. The van der Waals surface area contributed by atoms with Crippen LogP contribution in [0.4, 0.5) is 11.4 Å². The van der Waals surface area contributed by atoms with Gasteiger partial charge in [-0.2, -0.15) is 0 Å². The first-order chi connectivity index (χ1) is 24.0. The molecule has 0 aliphatic carbocycles. The van der Waals surface area contributed by atoms with Crippen molar-refractivity contribution in [3.63, 3.8) is 0 Å². The average molecular weight is 664 g/mol. The average Bonchev–Trinajstić information content (AvgIpc) is 3.15. The summed E-state index contributed by atoms with van der Waals surface area (Å²) < 4.78 is 5.31. The molecule has 3 N–H and O–H groups in total. The van der Waals surface area contributed by atoms with E-state index >= 15 is 0 Å². The van der Waals surface area contributed by atoms with Gasteiger partial charge >= 0.3 is 0 Å². The van der Waals surface area contributed by atoms with Gasteiger partial charge in [-0.05, 0) is 76.5 Å². The fourth-order valence-electron chi connectivity index (χ4n) is 5.23. The molecule has 3 amide bonds. The Morgan fingerprint density at radius 1 is 0.673 bits per heavy atom. The molecule has 0 aliphatic rings. The summed E-state index contributed by atoms with van der Waals surface area (Å²) in [4.78, 5) is 41.3. The lowest BCUT2D eigenvalue weighted by Gasteiger charge is -2.18. The van der Waals surface area contributed by atoms with Crippen LogP contribution in [0, 0.1) is 0 Å². The summed E-state index contributed by atoms with van der Waals surface area (Å²) in [6.07, 6.45) is 1.69. The van der Waals surface area contributed by atoms with Gasteiger partial charge in [0.15, 0.2) is 0 Å². The van der Waals surface area contributed by atoms with E-state index in [1.54, 1.807) is 55.7 Å². The van der Waals surface area contributed by atoms with Crippen molar-refractivity contribution in [1.82, 2.24) is 5.32 Å². The van der Waals surface area contributed by atoms with E-state index in [2.05, 4.69) is 16.0 Å². The topological polar surface area (TPSA) is 96.5 Å². The van der Waals surface area contributed by atoms with E-state index in [4.69, 9.17) is 4.74 Å². The molecule has 0 aromatic heterocycles. The minimum Gasteiger partial charge on any atom is -0.497 e. The second kappa shape index (κ2) is 15.6. The third-order valence-electron chi connectivity index (χ3n) is 7.70. The van der Waals surface area contributed by atoms with Gasteiger partial charge in [0.1, 0.15) is 16.7 Å². The summed E-state index contributed by atoms with van der Waals surface area (Å²) in [5.74, 6) is -0.404. The van der Waals surface area contributed by atoms with Crippen LogP contribution in [0.1, 0.15) is 26.7 Å². The van der Waals surface area contributed by atoms with Crippen molar-refractivity contribution >= 4 is 57.7 Å². The maximum atomic E-state index is 13.7. The molecule has 6 aromatic rings. The summed E-state index contributed by atoms with van der Waals surface area (Å²) in [7, 11) is 1.58. The molecule has 0 radical (unpaired) electrons. The summed E-state index contributed by atoms with van der Waals surface area (Å²) in [5, 5.41) is 10.2. The Morgan fingerprint density at radius 2 is 1.35 bits per heavy atom. The highest BCUT2D eigenvalue weighted by Gasteiger charge is 2.23. The standard InChI is InChI=1S/C41H33N3O4S/c1-48-34-20-11-19-33(27-34)43-41(47)38(29-13-4-2-5-14-29)49-35-24-22-32(23-25-35)42-40(46)37(44-39(45)30-15-6-3-7-16-30)26-31-18-10-17-28-12-8-9-21-36(28)31/h2-27,38H,1H3,(H,42,46)(H,43,47)(H,44,45)/b37-26-. The lowest BCUT2D eigenvalue weighted by Crippen LogP contribution is -2.30. The quantitative estimate of drug-likeness (QED) is 0.0952. The van der Waals surface area contributed by atoms with Crippen molar-refractivity contribution in [2.24, 2.45) is 0 Å². The summed E-state index contributed by atoms with van der Waals surface area (Å²) in [6, 6.07) is 46.5. The van der Waals surface area contributed by atoms with Gasteiger partial charge in [-0.1, -0.05) is 97.1 Å². The fraction of sp³-hybridized carbons (Fsp3) is 0.0488. The van der Waals surface area contributed by atoms with Gasteiger partial charge in [-0.3, -0.25) is 14.4 Å². The van der Waals surface area contributed by atoms with E-state index < -0.39 is 17.1 Å². The number of carbonyl (C=O) groups excluding carboxylic acids is 3. The van der Waals surface area contributed by atoms with E-state index in [1.807, 2.05) is 109 Å². The van der Waals surface area contributed by atoms with Crippen LogP contribution in [0.25, 0.3) is 16.8 Å². The second-order valence-corrected chi connectivity index (χ2v) is 12.2. The molecule has 49 heavy (non-hydrogen) atoms. The number of anilines is 2. The Labute approximate surface area is 289 Å². The highest BCUT2D eigenvalue weighted by molar-refractivity contribution is 8.00. The molecule has 7 nitrogen and oxygen atoms in total. The first kappa shape index (κ1) is 32.8. The van der Waals surface area contributed by atoms with Crippen LogP contribution in [0.3, 0.4) is 0 Å². The van der Waals surface area contributed by atoms with E-state index in [0.717, 1.165) is 26.8 Å². The molecule has 6 rings (SSSR count). The van der Waals surface area contributed by atoms with Gasteiger partial charge in [0.25, 0.3) is 11.8 Å². The summed E-state index contributed by atoms with van der Waals surface area (Å²) in [5.41, 5.74) is 3.34. The third-order valence-corrected chi connectivity index (χ3v) is 8.96. The number of carbonyl (C=O) groups is 3. The number of methoxy groups -OCH3 is 1. The lowest BCUT2D eigenvalue weighted by molar-refractivity contribution is -0.116. The predicted octanol–water partition coefficient (Wildman–Crippen LogP) is 8.73. The van der Waals surface area contributed by atoms with Gasteiger partial charge in [0.05, 0.1) is 7.11 Å². The molecule has 1 unspecified atom stereocenters. The van der Waals surface area contributed by atoms with Gasteiger partial charge in [0, 0.05) is 27.9 Å². The second-order valence-electron chi connectivity index (χ2n) is 11.1. The van der Waals surface area contributed by atoms with Crippen LogP contribution < -0.4 is 20.7 Å². The molecule has 0 fully saturated rings. The summed E-state index contributed by atoms with van der Waals surface area (Å²) >= 11 is 1.40. The van der Waals surface area contributed by atoms with Crippen LogP contribution in [-0.4, -0.2) is 24.8 Å². The number of rotatable bonds is 11. The molecule has 0 saturated heterocycles. The van der Waals surface area contributed by atoms with E-state index in [1.165, 1.54) is 11.8 Å². The number of hydrogen-bond acceptors (Lipinski definition) is 5. The SMILES string of the molecule is COc1cccc(NC(=O)C(Sc2ccc(NC(=O)/C(=C/c3cccc4ccccc34)NC(=O)c3ccccc3)cc2)c2ccccc2)c1. The first-order valence-corrected chi connectivity index (χ1v) is 16.5. The monoisotopic (exact) mass is 663 g/mol. The van der Waals surface area contributed by atoms with Crippen LogP contribution >= 0.6 is 11.8 Å². The molecule has 0 saturated carbocycles. The van der Waals surface area contributed by atoms with Gasteiger partial charge < -0.3 is 20.7 Å². The maximum Gasteiger partial charge on any atom is 0.272 e. The number of thioether (sulfide) groups is 1. The Morgan fingerprint density at radius 3 is 2.10 bits per heavy atom. The summed E-state index contributed by atoms with van der Waals surface area (Å²) in [6.45, 7) is 0. The Bertz CT molecular complexity index is 2110. The van der Waals surface area contributed by atoms with Crippen LogP contribution in [0.15, 0.2) is 162 Å². The van der Waals surface area contributed by atoms with Crippen molar-refractivity contribution in [2.75, 3.05) is 17.7 Å². The van der Waals surface area contributed by atoms with Gasteiger partial charge in [0.2, 0.25) is 5.91 Å². The zero-order chi connectivity index (χ0) is 34.0. The van der Waals surface area contributed by atoms with Crippen LogP contribution in [0.5, 0.6) is 5.75 Å². The number of ether oxygens (including phenoxy) is 1. The molecule has 242 valence electrons. The highest BCUT2D eigenvalue weighted by Crippen LogP contribution is 2.37. The molecule has 1 atom stereocenters. The van der Waals surface area contributed by atoms with E-state index in [0.29, 0.717) is 22.7 Å². The predicted molar refractivity (Wildman–Crippen MR) is 198 cm³/mol. The zero-order valence-corrected chi connectivity index (χ0v) is 27.4. The van der Waals surface area contributed by atoms with Crippen molar-refractivity contribution < 1.29 is 19.1 Å². The molecule has 0 aliphatic heterocycles. The fourth-order valence-corrected chi connectivity index (χ4v) is 6.26. The minimum absolute atomic E-state index is 0.0991. The Balaban J connectivity index is 1.22. The van der Waals surface area contributed by atoms with Crippen molar-refractivity contribution in [3.05, 3.63) is 174 Å². The molecular formula is C41H33N3O4S. The number of nitrogens with one attached hydrogen (secondary N) is 3. The number of benzene rings is 6. The third kappa shape index (κ3) is 8.43. The first-order valence-electron chi connectivity index (χ1n) is 15.6. The highest BCUT2D eigenvalue weighted by atomic mass is 32.2. The van der Waals surface area contributed by atoms with Gasteiger partial charge in [-0.25, -0.2) is 0 Å². The molecule has 0 spiro atoms. The Hall–Kier alpha value is -6.12. The Kier molecular flexibility index (Phi) is 10.5. The van der Waals surface area contributed by atoms with Crippen molar-refractivity contribution in [3.8, 4) is 5.75 Å². The van der Waals surface area contributed by atoms with Gasteiger partial charge in [-0.15, -0.1) is 11.8 Å². The lowest BCUT2D eigenvalue weighted by atomic mass is 10.0. The maximum absolute atomic E-state index is 13.7.